The Labute approximate surface area is 139 Å². The van der Waals surface area contributed by atoms with Crippen molar-refractivity contribution in [3.05, 3.63) is 53.8 Å². The van der Waals surface area contributed by atoms with E-state index in [1.165, 1.54) is 12.2 Å². The van der Waals surface area contributed by atoms with Gasteiger partial charge in [0.05, 0.1) is 23.8 Å². The van der Waals surface area contributed by atoms with Crippen LogP contribution in [-0.2, 0) is 21.2 Å². The van der Waals surface area contributed by atoms with E-state index in [1.54, 1.807) is 35.4 Å². The van der Waals surface area contributed by atoms with Crippen LogP contribution in [0.4, 0.5) is 5.69 Å². The number of hydrogen-bond acceptors (Lipinski definition) is 5. The number of anilines is 1. The third-order valence-electron chi connectivity index (χ3n) is 3.58. The SMILES string of the molecule is N#CCc1ccc(NC(=O)C2=CN3CCS(=O)(=O)N=C3C=C2)cc1. The van der Waals surface area contributed by atoms with Gasteiger partial charge in [-0.3, -0.25) is 4.79 Å². The number of nitrogens with one attached hydrogen (secondary N) is 1. The monoisotopic (exact) mass is 342 g/mol. The van der Waals surface area contributed by atoms with E-state index in [9.17, 15) is 13.2 Å². The zero-order valence-electron chi connectivity index (χ0n) is 12.6. The lowest BCUT2D eigenvalue weighted by molar-refractivity contribution is -0.112. The first-order valence-corrected chi connectivity index (χ1v) is 8.84. The van der Waals surface area contributed by atoms with Gasteiger partial charge in [0.25, 0.3) is 15.9 Å². The normalized spacial score (nSPS) is 18.0. The average molecular weight is 342 g/mol. The highest BCUT2D eigenvalue weighted by Gasteiger charge is 2.24. The number of nitrogens with zero attached hydrogens (tertiary/aromatic N) is 3. The van der Waals surface area contributed by atoms with E-state index >= 15 is 0 Å². The molecule has 0 radical (unpaired) electrons. The first kappa shape index (κ1) is 16.0. The van der Waals surface area contributed by atoms with Gasteiger partial charge >= 0.3 is 0 Å². The number of carbonyl (C=O) groups excluding carboxylic acids is 1. The Morgan fingerprint density at radius 2 is 2.04 bits per heavy atom. The van der Waals surface area contributed by atoms with Crippen LogP contribution in [0.3, 0.4) is 0 Å². The van der Waals surface area contributed by atoms with Crippen LogP contribution in [0.2, 0.25) is 0 Å². The summed E-state index contributed by atoms with van der Waals surface area (Å²) in [4.78, 5) is 14.0. The summed E-state index contributed by atoms with van der Waals surface area (Å²) in [6.07, 6.45) is 4.96. The van der Waals surface area contributed by atoms with Crippen molar-refractivity contribution in [1.82, 2.24) is 4.90 Å². The number of rotatable bonds is 3. The second-order valence-electron chi connectivity index (χ2n) is 5.33. The maximum Gasteiger partial charge on any atom is 0.257 e. The number of carbonyl (C=O) groups is 1. The molecule has 0 fully saturated rings. The number of amidine groups is 1. The molecule has 0 aliphatic carbocycles. The summed E-state index contributed by atoms with van der Waals surface area (Å²) in [6, 6.07) is 9.10. The molecular formula is C16H14N4O3S. The molecule has 2 heterocycles. The molecule has 8 heteroatoms. The molecule has 1 aromatic carbocycles. The largest absolute Gasteiger partial charge is 0.330 e. The Morgan fingerprint density at radius 1 is 1.29 bits per heavy atom. The maximum absolute atomic E-state index is 12.3. The fraction of sp³-hybridized carbons (Fsp3) is 0.188. The van der Waals surface area contributed by atoms with E-state index in [-0.39, 0.29) is 18.2 Å². The Hall–Kier alpha value is -2.92. The second kappa shape index (κ2) is 6.29. The van der Waals surface area contributed by atoms with E-state index in [2.05, 4.69) is 15.8 Å². The summed E-state index contributed by atoms with van der Waals surface area (Å²) in [5, 5.41) is 11.4. The quantitative estimate of drug-likeness (QED) is 0.889. The molecule has 2 aliphatic rings. The fourth-order valence-electron chi connectivity index (χ4n) is 2.34. The Balaban J connectivity index is 1.72. The smallest absolute Gasteiger partial charge is 0.257 e. The van der Waals surface area contributed by atoms with Crippen molar-refractivity contribution in [3.63, 3.8) is 0 Å². The number of amides is 1. The van der Waals surface area contributed by atoms with E-state index < -0.39 is 10.0 Å². The summed E-state index contributed by atoms with van der Waals surface area (Å²) in [7, 11) is -3.41. The van der Waals surface area contributed by atoms with Crippen LogP contribution in [0.25, 0.3) is 0 Å². The lowest BCUT2D eigenvalue weighted by Crippen LogP contribution is -2.37. The van der Waals surface area contributed by atoms with Gasteiger partial charge in [0, 0.05) is 18.4 Å². The van der Waals surface area contributed by atoms with Gasteiger partial charge in [-0.15, -0.1) is 4.40 Å². The van der Waals surface area contributed by atoms with Gasteiger partial charge in [0.15, 0.2) is 0 Å². The lowest BCUT2D eigenvalue weighted by atomic mass is 10.1. The summed E-state index contributed by atoms with van der Waals surface area (Å²) < 4.78 is 26.6. The zero-order chi connectivity index (χ0) is 17.2. The van der Waals surface area contributed by atoms with Gasteiger partial charge < -0.3 is 10.2 Å². The number of sulfonamides is 1. The van der Waals surface area contributed by atoms with Crippen LogP contribution < -0.4 is 5.32 Å². The fourth-order valence-corrected chi connectivity index (χ4v) is 3.31. The van der Waals surface area contributed by atoms with E-state index in [4.69, 9.17) is 5.26 Å². The molecule has 2 aliphatic heterocycles. The van der Waals surface area contributed by atoms with Gasteiger partial charge in [-0.25, -0.2) is 8.42 Å². The highest BCUT2D eigenvalue weighted by Crippen LogP contribution is 2.17. The van der Waals surface area contributed by atoms with Gasteiger partial charge in [-0.1, -0.05) is 12.1 Å². The lowest BCUT2D eigenvalue weighted by Gasteiger charge is -2.26. The molecule has 0 saturated heterocycles. The number of nitriles is 1. The first-order chi connectivity index (χ1) is 11.5. The van der Waals surface area contributed by atoms with Crippen molar-refractivity contribution in [2.24, 2.45) is 4.40 Å². The topological polar surface area (TPSA) is 103 Å². The second-order valence-corrected chi connectivity index (χ2v) is 7.09. The maximum atomic E-state index is 12.3. The van der Waals surface area contributed by atoms with Crippen LogP contribution in [0.15, 0.2) is 52.6 Å². The van der Waals surface area contributed by atoms with Crippen molar-refractivity contribution < 1.29 is 13.2 Å². The third kappa shape index (κ3) is 3.52. The van der Waals surface area contributed by atoms with Crippen molar-refractivity contribution in [3.8, 4) is 6.07 Å². The standard InChI is InChI=1S/C16H14N4O3S/c17-8-7-12-1-4-14(5-2-12)18-16(21)13-3-6-15-19-24(22,23)10-9-20(15)11-13/h1-6,11H,7,9-10H2,(H,18,21). The van der Waals surface area contributed by atoms with Crippen LogP contribution >= 0.6 is 0 Å². The van der Waals surface area contributed by atoms with Crippen molar-refractivity contribution in [2.75, 3.05) is 17.6 Å². The van der Waals surface area contributed by atoms with E-state index in [0.717, 1.165) is 5.56 Å². The molecule has 0 atom stereocenters. The molecular weight excluding hydrogens is 328 g/mol. The van der Waals surface area contributed by atoms with Crippen LogP contribution in [0.5, 0.6) is 0 Å². The molecule has 3 rings (SSSR count). The summed E-state index contributed by atoms with van der Waals surface area (Å²) >= 11 is 0. The summed E-state index contributed by atoms with van der Waals surface area (Å²) in [6.45, 7) is 0.269. The third-order valence-corrected chi connectivity index (χ3v) is 4.74. The van der Waals surface area contributed by atoms with Crippen LogP contribution in [0.1, 0.15) is 5.56 Å². The molecule has 0 spiro atoms. The predicted octanol–water partition coefficient (Wildman–Crippen LogP) is 1.19. The van der Waals surface area contributed by atoms with Crippen molar-refractivity contribution in [1.29, 1.82) is 5.26 Å². The molecule has 0 unspecified atom stereocenters. The van der Waals surface area contributed by atoms with Crippen LogP contribution in [-0.4, -0.2) is 37.4 Å². The minimum absolute atomic E-state index is 0.0733. The van der Waals surface area contributed by atoms with Crippen LogP contribution in [0, 0.1) is 11.3 Å². The van der Waals surface area contributed by atoms with Gasteiger partial charge in [0.1, 0.15) is 5.84 Å². The number of fused-ring (bicyclic) bond motifs is 1. The molecule has 7 nitrogen and oxygen atoms in total. The summed E-state index contributed by atoms with van der Waals surface area (Å²) in [5.74, 6) is -0.0544. The average Bonchev–Trinajstić information content (AvgIpc) is 2.55. The molecule has 0 aromatic heterocycles. The molecule has 1 amide bonds. The highest BCUT2D eigenvalue weighted by molar-refractivity contribution is 7.90. The van der Waals surface area contributed by atoms with Crippen molar-refractivity contribution >= 4 is 27.5 Å². The molecule has 0 saturated carbocycles. The molecule has 122 valence electrons. The highest BCUT2D eigenvalue weighted by atomic mass is 32.2. The molecule has 1 N–H and O–H groups in total. The number of benzene rings is 1. The molecule has 1 aromatic rings. The van der Waals surface area contributed by atoms with Crippen molar-refractivity contribution in [2.45, 2.75) is 6.42 Å². The Morgan fingerprint density at radius 3 is 2.75 bits per heavy atom. The minimum Gasteiger partial charge on any atom is -0.330 e. The van der Waals surface area contributed by atoms with E-state index in [1.807, 2.05) is 0 Å². The minimum atomic E-state index is -3.41. The Bertz CT molecular complexity index is 906. The van der Waals surface area contributed by atoms with Gasteiger partial charge in [-0.2, -0.15) is 5.26 Å². The van der Waals surface area contributed by atoms with Gasteiger partial charge in [0.2, 0.25) is 0 Å². The first-order valence-electron chi connectivity index (χ1n) is 7.23. The van der Waals surface area contributed by atoms with Gasteiger partial charge in [-0.05, 0) is 29.8 Å². The summed E-state index contributed by atoms with van der Waals surface area (Å²) in [5.41, 5.74) is 1.91. The molecule has 24 heavy (non-hydrogen) atoms. The predicted molar refractivity (Wildman–Crippen MR) is 89.5 cm³/mol. The Kier molecular flexibility index (Phi) is 4.18. The number of hydrogen-bond donors (Lipinski definition) is 1. The zero-order valence-corrected chi connectivity index (χ0v) is 13.5. The van der Waals surface area contributed by atoms with E-state index in [0.29, 0.717) is 23.5 Å². The molecule has 0 bridgehead atoms.